The third-order valence-corrected chi connectivity index (χ3v) is 4.67. The van der Waals surface area contributed by atoms with E-state index >= 15 is 0 Å². The van der Waals surface area contributed by atoms with E-state index < -0.39 is 0 Å². The predicted molar refractivity (Wildman–Crippen MR) is 107 cm³/mol. The monoisotopic (exact) mass is 373 g/mol. The molecule has 2 aromatic carbocycles. The van der Waals surface area contributed by atoms with Gasteiger partial charge in [0, 0.05) is 35.9 Å². The number of benzene rings is 2. The number of nitrogens with one attached hydrogen (secondary N) is 1. The Morgan fingerprint density at radius 1 is 1.08 bits per heavy atom. The number of hydrogen-bond donors (Lipinski definition) is 2. The minimum Gasteiger partial charge on any atom is -0.328 e. The van der Waals surface area contributed by atoms with Crippen LogP contribution in [0, 0.1) is 5.92 Å². The molecule has 2 aromatic rings. The molecule has 1 saturated carbocycles. The molecule has 2 atom stereocenters. The fraction of sp³-hybridized carbons (Fsp3) is 0.300. The maximum Gasteiger partial charge on any atom is 0.258 e. The molecule has 1 aliphatic rings. The highest BCUT2D eigenvalue weighted by molar-refractivity contribution is 6.06. The van der Waals surface area contributed by atoms with Crippen molar-refractivity contribution in [2.75, 3.05) is 17.3 Å². The van der Waals surface area contributed by atoms with Crippen LogP contribution in [0.1, 0.15) is 29.6 Å². The van der Waals surface area contributed by atoms with E-state index in [1.165, 1.54) is 0 Å². The average Bonchev–Trinajstić information content (AvgIpc) is 3.08. The van der Waals surface area contributed by atoms with Crippen molar-refractivity contribution in [2.24, 2.45) is 11.7 Å². The number of amides is 2. The molecule has 1 fully saturated rings. The van der Waals surface area contributed by atoms with Crippen LogP contribution >= 0.6 is 12.4 Å². The molecule has 2 unspecified atom stereocenters. The molecular weight excluding hydrogens is 350 g/mol. The summed E-state index contributed by atoms with van der Waals surface area (Å²) in [6, 6.07) is 16.6. The van der Waals surface area contributed by atoms with Crippen molar-refractivity contribution in [3.05, 3.63) is 60.2 Å². The quantitative estimate of drug-likeness (QED) is 0.861. The summed E-state index contributed by atoms with van der Waals surface area (Å²) in [5, 5.41) is 2.91. The molecule has 1 aliphatic carbocycles. The topological polar surface area (TPSA) is 75.4 Å². The van der Waals surface area contributed by atoms with E-state index in [-0.39, 0.29) is 36.2 Å². The second-order valence-corrected chi connectivity index (χ2v) is 6.54. The maximum atomic E-state index is 12.7. The van der Waals surface area contributed by atoms with Crippen LogP contribution in [-0.4, -0.2) is 24.9 Å². The molecule has 138 valence electrons. The lowest BCUT2D eigenvalue weighted by Crippen LogP contribution is -2.26. The van der Waals surface area contributed by atoms with Gasteiger partial charge in [-0.3, -0.25) is 9.59 Å². The zero-order chi connectivity index (χ0) is 17.8. The molecule has 0 spiro atoms. The molecule has 2 amide bonds. The van der Waals surface area contributed by atoms with Gasteiger partial charge in [-0.1, -0.05) is 24.3 Å². The Morgan fingerprint density at radius 2 is 1.81 bits per heavy atom. The van der Waals surface area contributed by atoms with Crippen molar-refractivity contribution in [1.29, 1.82) is 0 Å². The van der Waals surface area contributed by atoms with Gasteiger partial charge in [0.2, 0.25) is 5.91 Å². The molecule has 3 N–H and O–H groups in total. The largest absolute Gasteiger partial charge is 0.328 e. The predicted octanol–water partition coefficient (Wildman–Crippen LogP) is 3.45. The third-order valence-electron chi connectivity index (χ3n) is 4.67. The van der Waals surface area contributed by atoms with Crippen molar-refractivity contribution in [2.45, 2.75) is 25.3 Å². The van der Waals surface area contributed by atoms with E-state index in [2.05, 4.69) is 5.32 Å². The van der Waals surface area contributed by atoms with Crippen molar-refractivity contribution in [1.82, 2.24) is 0 Å². The zero-order valence-corrected chi connectivity index (χ0v) is 15.5. The number of nitrogens with two attached hydrogens (primary N) is 1. The Hall–Kier alpha value is -2.37. The molecule has 26 heavy (non-hydrogen) atoms. The van der Waals surface area contributed by atoms with E-state index in [0.717, 1.165) is 24.9 Å². The number of para-hydroxylation sites is 1. The van der Waals surface area contributed by atoms with Crippen molar-refractivity contribution in [3.63, 3.8) is 0 Å². The SMILES string of the molecule is CN(C(=O)c1cccc(NC(=O)C2CCC(N)C2)c1)c1ccccc1.Cl. The lowest BCUT2D eigenvalue weighted by Gasteiger charge is -2.18. The summed E-state index contributed by atoms with van der Waals surface area (Å²) in [7, 11) is 1.74. The number of nitrogens with zero attached hydrogens (tertiary/aromatic N) is 1. The minimum atomic E-state index is -0.120. The summed E-state index contributed by atoms with van der Waals surface area (Å²) in [5.41, 5.74) is 7.87. The highest BCUT2D eigenvalue weighted by atomic mass is 35.5. The normalized spacial score (nSPS) is 18.7. The summed E-state index contributed by atoms with van der Waals surface area (Å²) < 4.78 is 0. The number of rotatable bonds is 4. The van der Waals surface area contributed by atoms with E-state index in [4.69, 9.17) is 5.73 Å². The fourth-order valence-electron chi connectivity index (χ4n) is 3.19. The van der Waals surface area contributed by atoms with Gasteiger partial charge < -0.3 is 16.0 Å². The molecule has 3 rings (SSSR count). The Morgan fingerprint density at radius 3 is 2.46 bits per heavy atom. The number of anilines is 2. The second-order valence-electron chi connectivity index (χ2n) is 6.54. The lowest BCUT2D eigenvalue weighted by atomic mass is 10.1. The van der Waals surface area contributed by atoms with Gasteiger partial charge in [-0.2, -0.15) is 0 Å². The van der Waals surface area contributed by atoms with Gasteiger partial charge in [-0.25, -0.2) is 0 Å². The fourth-order valence-corrected chi connectivity index (χ4v) is 3.19. The van der Waals surface area contributed by atoms with Gasteiger partial charge in [0.05, 0.1) is 0 Å². The molecule has 0 aliphatic heterocycles. The average molecular weight is 374 g/mol. The summed E-state index contributed by atoms with van der Waals surface area (Å²) in [4.78, 5) is 26.6. The molecule has 0 bridgehead atoms. The Balaban J connectivity index is 0.00000243. The van der Waals surface area contributed by atoms with Crippen LogP contribution in [0.3, 0.4) is 0 Å². The van der Waals surface area contributed by atoms with Crippen molar-refractivity contribution >= 4 is 35.6 Å². The first-order chi connectivity index (χ1) is 12.0. The highest BCUT2D eigenvalue weighted by Gasteiger charge is 2.27. The number of hydrogen-bond acceptors (Lipinski definition) is 3. The van der Waals surface area contributed by atoms with Crippen LogP contribution in [0.4, 0.5) is 11.4 Å². The smallest absolute Gasteiger partial charge is 0.258 e. The van der Waals surface area contributed by atoms with E-state index in [9.17, 15) is 9.59 Å². The first-order valence-corrected chi connectivity index (χ1v) is 8.54. The maximum absolute atomic E-state index is 12.7. The van der Waals surface area contributed by atoms with Gasteiger partial charge >= 0.3 is 0 Å². The van der Waals surface area contributed by atoms with Crippen LogP contribution < -0.4 is 16.0 Å². The molecule has 0 aromatic heterocycles. The lowest BCUT2D eigenvalue weighted by molar-refractivity contribution is -0.119. The molecule has 0 radical (unpaired) electrons. The number of carbonyl (C=O) groups is 2. The summed E-state index contributed by atoms with van der Waals surface area (Å²) in [6.07, 6.45) is 2.43. The van der Waals surface area contributed by atoms with Crippen LogP contribution in [-0.2, 0) is 4.79 Å². The summed E-state index contributed by atoms with van der Waals surface area (Å²) in [6.45, 7) is 0. The molecular formula is C20H24ClN3O2. The summed E-state index contributed by atoms with van der Waals surface area (Å²) in [5.74, 6) is -0.180. The number of halogens is 1. The van der Waals surface area contributed by atoms with Gasteiger partial charge in [-0.15, -0.1) is 12.4 Å². The Kier molecular flexibility index (Phi) is 6.77. The van der Waals surface area contributed by atoms with Crippen LogP contribution in [0.25, 0.3) is 0 Å². The first kappa shape index (κ1) is 19.9. The van der Waals surface area contributed by atoms with Gasteiger partial charge in [0.25, 0.3) is 5.91 Å². The molecule has 0 saturated heterocycles. The van der Waals surface area contributed by atoms with Crippen molar-refractivity contribution in [3.8, 4) is 0 Å². The third kappa shape index (κ3) is 4.62. The first-order valence-electron chi connectivity index (χ1n) is 8.54. The van der Waals surface area contributed by atoms with E-state index in [1.807, 2.05) is 30.3 Å². The molecule has 6 heteroatoms. The number of carbonyl (C=O) groups excluding carboxylic acids is 2. The standard InChI is InChI=1S/C20H23N3O2.ClH/c1-23(18-8-3-2-4-9-18)20(25)15-6-5-7-17(13-15)22-19(24)14-10-11-16(21)12-14;/h2-9,13-14,16H,10-12,21H2,1H3,(H,22,24);1H. The Labute approximate surface area is 160 Å². The van der Waals surface area contributed by atoms with E-state index in [1.54, 1.807) is 36.2 Å². The van der Waals surface area contributed by atoms with Crippen LogP contribution in [0.5, 0.6) is 0 Å². The van der Waals surface area contributed by atoms with E-state index in [0.29, 0.717) is 11.3 Å². The Bertz CT molecular complexity index is 767. The van der Waals surface area contributed by atoms with Gasteiger partial charge in [-0.05, 0) is 49.6 Å². The summed E-state index contributed by atoms with van der Waals surface area (Å²) >= 11 is 0. The van der Waals surface area contributed by atoms with Crippen LogP contribution in [0.15, 0.2) is 54.6 Å². The highest BCUT2D eigenvalue weighted by Crippen LogP contribution is 2.26. The van der Waals surface area contributed by atoms with Crippen molar-refractivity contribution < 1.29 is 9.59 Å². The van der Waals surface area contributed by atoms with Crippen LogP contribution in [0.2, 0.25) is 0 Å². The van der Waals surface area contributed by atoms with Gasteiger partial charge in [0.1, 0.15) is 0 Å². The second kappa shape index (κ2) is 8.83. The minimum absolute atomic E-state index is 0. The molecule has 5 nitrogen and oxygen atoms in total. The zero-order valence-electron chi connectivity index (χ0n) is 14.7. The molecule has 0 heterocycles. The van der Waals surface area contributed by atoms with Gasteiger partial charge in [0.15, 0.2) is 0 Å².